The Labute approximate surface area is 69.6 Å². The molecule has 1 nitrogen and oxygen atoms in total. The van der Waals surface area contributed by atoms with E-state index in [0.29, 0.717) is 5.02 Å². The summed E-state index contributed by atoms with van der Waals surface area (Å²) in [6.45, 7) is 0. The first-order valence-electron chi connectivity index (χ1n) is 2.82. The fourth-order valence-electron chi connectivity index (χ4n) is 0.702. The van der Waals surface area contributed by atoms with E-state index in [1.165, 1.54) is 0 Å². The van der Waals surface area contributed by atoms with Crippen molar-refractivity contribution in [3.8, 4) is 0 Å². The summed E-state index contributed by atoms with van der Waals surface area (Å²) in [7, 11) is 0. The lowest BCUT2D eigenvalue weighted by molar-refractivity contribution is 1.47. The topological polar surface area (TPSA) is 26.0 Å². The van der Waals surface area contributed by atoms with Gasteiger partial charge in [0.05, 0.1) is 0 Å². The second kappa shape index (κ2) is 3.17. The Hall–Kier alpha value is -0.340. The van der Waals surface area contributed by atoms with Crippen LogP contribution in [-0.4, -0.2) is 6.26 Å². The molecular formula is C7H8ClNS. The zero-order valence-corrected chi connectivity index (χ0v) is 7.17. The first kappa shape index (κ1) is 7.76. The van der Waals surface area contributed by atoms with Crippen LogP contribution in [0.3, 0.4) is 0 Å². The molecule has 0 saturated carbocycles. The van der Waals surface area contributed by atoms with E-state index in [2.05, 4.69) is 0 Å². The van der Waals surface area contributed by atoms with Crippen LogP contribution in [0, 0.1) is 0 Å². The van der Waals surface area contributed by atoms with Gasteiger partial charge in [0.2, 0.25) is 0 Å². The van der Waals surface area contributed by atoms with Gasteiger partial charge in [-0.2, -0.15) is 0 Å². The van der Waals surface area contributed by atoms with Crippen molar-refractivity contribution in [2.45, 2.75) is 4.90 Å². The van der Waals surface area contributed by atoms with Crippen LogP contribution in [0.15, 0.2) is 23.1 Å². The molecule has 3 heteroatoms. The fourth-order valence-corrected chi connectivity index (χ4v) is 1.51. The molecule has 0 radical (unpaired) electrons. The van der Waals surface area contributed by atoms with Gasteiger partial charge in [-0.3, -0.25) is 0 Å². The van der Waals surface area contributed by atoms with Crippen LogP contribution in [0.4, 0.5) is 5.69 Å². The molecule has 0 amide bonds. The number of hydrogen-bond donors (Lipinski definition) is 1. The van der Waals surface area contributed by atoms with Gasteiger partial charge in [0, 0.05) is 15.6 Å². The number of nitrogens with two attached hydrogens (primary N) is 1. The van der Waals surface area contributed by atoms with Crippen LogP contribution in [-0.2, 0) is 0 Å². The molecule has 0 aromatic heterocycles. The summed E-state index contributed by atoms with van der Waals surface area (Å²) < 4.78 is 0. The predicted molar refractivity (Wildman–Crippen MR) is 47.6 cm³/mol. The summed E-state index contributed by atoms with van der Waals surface area (Å²) in [5.74, 6) is 0. The Balaban J connectivity index is 3.06. The smallest absolute Gasteiger partial charge is 0.0437 e. The lowest BCUT2D eigenvalue weighted by atomic mass is 10.3. The molecule has 1 rings (SSSR count). The van der Waals surface area contributed by atoms with E-state index in [1.54, 1.807) is 17.8 Å². The van der Waals surface area contributed by atoms with E-state index < -0.39 is 0 Å². The summed E-state index contributed by atoms with van der Waals surface area (Å²) in [6, 6.07) is 5.53. The maximum atomic E-state index is 5.74. The SMILES string of the molecule is CSc1cc(N)cc(Cl)c1. The predicted octanol–water partition coefficient (Wildman–Crippen LogP) is 2.64. The molecule has 0 bridgehead atoms. The third-order valence-electron chi connectivity index (χ3n) is 1.13. The fraction of sp³-hybridized carbons (Fsp3) is 0.143. The maximum absolute atomic E-state index is 5.74. The molecule has 1 aromatic carbocycles. The van der Waals surface area contributed by atoms with Gasteiger partial charge in [0.25, 0.3) is 0 Å². The van der Waals surface area contributed by atoms with Gasteiger partial charge in [-0.05, 0) is 24.5 Å². The van der Waals surface area contributed by atoms with Crippen LogP contribution in [0.1, 0.15) is 0 Å². The molecule has 0 unspecified atom stereocenters. The number of hydrogen-bond acceptors (Lipinski definition) is 2. The number of benzene rings is 1. The van der Waals surface area contributed by atoms with E-state index in [0.717, 1.165) is 10.6 Å². The Morgan fingerprint density at radius 3 is 2.60 bits per heavy atom. The zero-order valence-electron chi connectivity index (χ0n) is 5.60. The second-order valence-corrected chi connectivity index (χ2v) is 3.24. The van der Waals surface area contributed by atoms with Crippen molar-refractivity contribution < 1.29 is 0 Å². The number of thioether (sulfide) groups is 1. The molecule has 1 aromatic rings. The molecule has 0 saturated heterocycles. The Bertz CT molecular complexity index is 217. The quantitative estimate of drug-likeness (QED) is 0.522. The standard InChI is InChI=1S/C7H8ClNS/c1-10-7-3-5(8)2-6(9)4-7/h2-4H,9H2,1H3. The monoisotopic (exact) mass is 173 g/mol. The first-order valence-corrected chi connectivity index (χ1v) is 4.42. The second-order valence-electron chi connectivity index (χ2n) is 1.92. The highest BCUT2D eigenvalue weighted by atomic mass is 35.5. The molecule has 0 aliphatic rings. The van der Waals surface area contributed by atoms with Crippen molar-refractivity contribution in [2.75, 3.05) is 12.0 Å². The number of anilines is 1. The Morgan fingerprint density at radius 2 is 2.10 bits per heavy atom. The van der Waals surface area contributed by atoms with Crippen LogP contribution >= 0.6 is 23.4 Å². The number of rotatable bonds is 1. The van der Waals surface area contributed by atoms with Crippen LogP contribution in [0.5, 0.6) is 0 Å². The minimum atomic E-state index is 0.698. The van der Waals surface area contributed by atoms with Gasteiger partial charge < -0.3 is 5.73 Å². The first-order chi connectivity index (χ1) is 4.72. The highest BCUT2D eigenvalue weighted by molar-refractivity contribution is 7.98. The zero-order chi connectivity index (χ0) is 7.56. The molecule has 10 heavy (non-hydrogen) atoms. The summed E-state index contributed by atoms with van der Waals surface area (Å²) in [5.41, 5.74) is 6.26. The summed E-state index contributed by atoms with van der Waals surface area (Å²) in [4.78, 5) is 1.10. The molecule has 0 atom stereocenters. The average molecular weight is 174 g/mol. The third kappa shape index (κ3) is 1.82. The maximum Gasteiger partial charge on any atom is 0.0437 e. The molecule has 54 valence electrons. The Morgan fingerprint density at radius 1 is 1.40 bits per heavy atom. The molecule has 2 N–H and O–H groups in total. The van der Waals surface area contributed by atoms with Gasteiger partial charge in [0.15, 0.2) is 0 Å². The number of nitrogen functional groups attached to an aromatic ring is 1. The van der Waals surface area contributed by atoms with Gasteiger partial charge in [-0.15, -0.1) is 11.8 Å². The van der Waals surface area contributed by atoms with E-state index >= 15 is 0 Å². The summed E-state index contributed by atoms with van der Waals surface area (Å²) >= 11 is 7.37. The minimum absolute atomic E-state index is 0.698. The van der Waals surface area contributed by atoms with Gasteiger partial charge >= 0.3 is 0 Å². The van der Waals surface area contributed by atoms with Gasteiger partial charge in [-0.25, -0.2) is 0 Å². The third-order valence-corrected chi connectivity index (χ3v) is 2.05. The summed E-state index contributed by atoms with van der Waals surface area (Å²) in [5, 5.41) is 0.698. The van der Waals surface area contributed by atoms with Crippen LogP contribution < -0.4 is 5.73 Å². The lowest BCUT2D eigenvalue weighted by Gasteiger charge is -1.98. The van der Waals surface area contributed by atoms with Crippen LogP contribution in [0.2, 0.25) is 5.02 Å². The van der Waals surface area contributed by atoms with E-state index in [4.69, 9.17) is 17.3 Å². The van der Waals surface area contributed by atoms with Crippen molar-refractivity contribution >= 4 is 29.1 Å². The van der Waals surface area contributed by atoms with Crippen molar-refractivity contribution in [1.82, 2.24) is 0 Å². The largest absolute Gasteiger partial charge is 0.399 e. The molecule has 0 spiro atoms. The highest BCUT2D eigenvalue weighted by Gasteiger charge is 1.93. The van der Waals surface area contributed by atoms with Crippen molar-refractivity contribution in [3.63, 3.8) is 0 Å². The van der Waals surface area contributed by atoms with Gasteiger partial charge in [0.1, 0.15) is 0 Å². The van der Waals surface area contributed by atoms with Crippen molar-refractivity contribution in [1.29, 1.82) is 0 Å². The van der Waals surface area contributed by atoms with E-state index in [9.17, 15) is 0 Å². The minimum Gasteiger partial charge on any atom is -0.399 e. The molecular weight excluding hydrogens is 166 g/mol. The van der Waals surface area contributed by atoms with Crippen molar-refractivity contribution in [3.05, 3.63) is 23.2 Å². The average Bonchev–Trinajstić information content (AvgIpc) is 1.85. The molecule has 0 fully saturated rings. The van der Waals surface area contributed by atoms with Gasteiger partial charge in [-0.1, -0.05) is 11.6 Å². The Kier molecular flexibility index (Phi) is 2.46. The summed E-state index contributed by atoms with van der Waals surface area (Å²) in [6.07, 6.45) is 1.99. The number of halogens is 1. The lowest BCUT2D eigenvalue weighted by Crippen LogP contribution is -1.83. The van der Waals surface area contributed by atoms with Crippen molar-refractivity contribution in [2.24, 2.45) is 0 Å². The van der Waals surface area contributed by atoms with Crippen LogP contribution in [0.25, 0.3) is 0 Å². The molecule has 0 aliphatic carbocycles. The van der Waals surface area contributed by atoms with E-state index in [1.807, 2.05) is 18.4 Å². The molecule has 0 aliphatic heterocycles. The molecule has 0 heterocycles. The van der Waals surface area contributed by atoms with E-state index in [-0.39, 0.29) is 0 Å². The normalized spacial score (nSPS) is 9.80. The highest BCUT2D eigenvalue weighted by Crippen LogP contribution is 2.22.